The molecule has 0 aromatic rings. The zero-order valence-corrected chi connectivity index (χ0v) is 14.0. The van der Waals surface area contributed by atoms with Crippen LogP contribution in [0.2, 0.25) is 0 Å². The lowest BCUT2D eigenvalue weighted by Crippen LogP contribution is -2.45. The molecule has 0 radical (unpaired) electrons. The molecule has 1 heterocycles. The van der Waals surface area contributed by atoms with Crippen LogP contribution in [0, 0.1) is 10.8 Å². The van der Waals surface area contributed by atoms with Crippen molar-refractivity contribution in [2.75, 3.05) is 25.4 Å². The summed E-state index contributed by atoms with van der Waals surface area (Å²) < 4.78 is 0. The molecule has 2 heteroatoms. The van der Waals surface area contributed by atoms with Crippen molar-refractivity contribution in [1.82, 2.24) is 4.90 Å². The van der Waals surface area contributed by atoms with E-state index in [-0.39, 0.29) is 0 Å². The summed E-state index contributed by atoms with van der Waals surface area (Å²) in [5.41, 5.74) is 1.15. The smallest absolute Gasteiger partial charge is 0.00458 e. The summed E-state index contributed by atoms with van der Waals surface area (Å²) in [5.74, 6) is 1.09. The van der Waals surface area contributed by atoms with E-state index < -0.39 is 0 Å². The van der Waals surface area contributed by atoms with E-state index in [0.717, 1.165) is 5.75 Å². The third-order valence-electron chi connectivity index (χ3n) is 5.98. The van der Waals surface area contributed by atoms with Gasteiger partial charge in [0.1, 0.15) is 0 Å². The molecule has 2 fully saturated rings. The maximum absolute atomic E-state index is 4.72. The van der Waals surface area contributed by atoms with E-state index in [2.05, 4.69) is 18.7 Å². The van der Waals surface area contributed by atoms with Gasteiger partial charge in [0.2, 0.25) is 0 Å². The average Bonchev–Trinajstić information content (AvgIpc) is 2.68. The fraction of sp³-hybridized carbons (Fsp3) is 1.00. The van der Waals surface area contributed by atoms with Gasteiger partial charge in [-0.05, 0) is 55.4 Å². The zero-order valence-electron chi connectivity index (χ0n) is 13.1. The number of rotatable bonds is 4. The lowest BCUT2D eigenvalue weighted by molar-refractivity contribution is 0.0732. The van der Waals surface area contributed by atoms with E-state index in [1.807, 2.05) is 0 Å². The molecule has 1 aliphatic carbocycles. The van der Waals surface area contributed by atoms with Crippen molar-refractivity contribution in [3.63, 3.8) is 0 Å². The van der Waals surface area contributed by atoms with Crippen molar-refractivity contribution in [2.24, 2.45) is 10.8 Å². The van der Waals surface area contributed by atoms with Gasteiger partial charge in [0.25, 0.3) is 0 Å². The second-order valence-corrected chi connectivity index (χ2v) is 7.83. The molecule has 0 N–H and O–H groups in total. The summed E-state index contributed by atoms with van der Waals surface area (Å²) in [4.78, 5) is 2.75. The van der Waals surface area contributed by atoms with Crippen LogP contribution >= 0.6 is 12.6 Å². The van der Waals surface area contributed by atoms with Gasteiger partial charge < -0.3 is 4.90 Å². The van der Waals surface area contributed by atoms with Crippen LogP contribution in [0.15, 0.2) is 0 Å². The Labute approximate surface area is 125 Å². The molecule has 0 unspecified atom stereocenters. The first-order valence-electron chi connectivity index (χ1n) is 8.45. The predicted octanol–water partition coefficient (Wildman–Crippen LogP) is 4.77. The molecule has 1 saturated heterocycles. The summed E-state index contributed by atoms with van der Waals surface area (Å²) in [6.45, 7) is 8.79. The quantitative estimate of drug-likeness (QED) is 0.574. The first kappa shape index (κ1) is 15.7. The van der Waals surface area contributed by atoms with Crippen molar-refractivity contribution < 1.29 is 0 Å². The van der Waals surface area contributed by atoms with E-state index >= 15 is 0 Å². The molecule has 112 valence electrons. The van der Waals surface area contributed by atoms with Gasteiger partial charge in [0.05, 0.1) is 0 Å². The Balaban J connectivity index is 1.89. The van der Waals surface area contributed by atoms with Gasteiger partial charge in [-0.3, -0.25) is 0 Å². The lowest BCUT2D eigenvalue weighted by Gasteiger charge is -2.43. The number of likely N-dealkylation sites (tertiary alicyclic amines) is 1. The van der Waals surface area contributed by atoms with E-state index in [0.29, 0.717) is 10.8 Å². The second-order valence-electron chi connectivity index (χ2n) is 7.51. The number of piperidine rings is 1. The molecule has 2 rings (SSSR count). The van der Waals surface area contributed by atoms with Gasteiger partial charge in [0.15, 0.2) is 0 Å². The monoisotopic (exact) mass is 283 g/mol. The van der Waals surface area contributed by atoms with Gasteiger partial charge in [-0.1, -0.05) is 46.0 Å². The molecule has 0 spiro atoms. The van der Waals surface area contributed by atoms with E-state index in [4.69, 9.17) is 12.6 Å². The number of nitrogens with zero attached hydrogens (tertiary/aromatic N) is 1. The van der Waals surface area contributed by atoms with Crippen LogP contribution in [0.25, 0.3) is 0 Å². The van der Waals surface area contributed by atoms with Crippen molar-refractivity contribution >= 4 is 12.6 Å². The Hall–Kier alpha value is 0.310. The Morgan fingerprint density at radius 2 is 1.53 bits per heavy atom. The molecular formula is C17H33NS. The summed E-state index contributed by atoms with van der Waals surface area (Å²) in [6.07, 6.45) is 12.7. The molecule has 0 bridgehead atoms. The van der Waals surface area contributed by atoms with Gasteiger partial charge in [-0.25, -0.2) is 0 Å². The third-order valence-corrected chi connectivity index (χ3v) is 6.65. The second kappa shape index (κ2) is 6.85. The minimum Gasteiger partial charge on any atom is -0.303 e. The summed E-state index contributed by atoms with van der Waals surface area (Å²) in [7, 11) is 0. The van der Waals surface area contributed by atoms with Crippen molar-refractivity contribution in [3.8, 4) is 0 Å². The van der Waals surface area contributed by atoms with E-state index in [1.165, 1.54) is 77.4 Å². The molecular weight excluding hydrogens is 250 g/mol. The molecule has 1 aliphatic heterocycles. The average molecular weight is 284 g/mol. The van der Waals surface area contributed by atoms with Crippen LogP contribution in [0.3, 0.4) is 0 Å². The fourth-order valence-corrected chi connectivity index (χ4v) is 4.34. The number of hydrogen-bond acceptors (Lipinski definition) is 2. The number of hydrogen-bond donors (Lipinski definition) is 1. The predicted molar refractivity (Wildman–Crippen MR) is 88.1 cm³/mol. The molecule has 0 amide bonds. The van der Waals surface area contributed by atoms with Crippen LogP contribution in [0.4, 0.5) is 0 Å². The van der Waals surface area contributed by atoms with E-state index in [9.17, 15) is 0 Å². The van der Waals surface area contributed by atoms with Crippen molar-refractivity contribution in [2.45, 2.75) is 71.6 Å². The maximum atomic E-state index is 4.72. The van der Waals surface area contributed by atoms with Gasteiger partial charge in [-0.2, -0.15) is 12.6 Å². The Kier molecular flexibility index (Phi) is 5.65. The Bertz CT molecular complexity index is 260. The lowest BCUT2D eigenvalue weighted by atomic mass is 9.76. The summed E-state index contributed by atoms with van der Waals surface area (Å²) in [5, 5.41) is 0. The highest BCUT2D eigenvalue weighted by molar-refractivity contribution is 7.80. The fourth-order valence-electron chi connectivity index (χ4n) is 3.92. The van der Waals surface area contributed by atoms with E-state index in [1.54, 1.807) is 0 Å². The van der Waals surface area contributed by atoms with Crippen LogP contribution in [0.1, 0.15) is 71.6 Å². The SMILES string of the molecule is CCC1(C)CCN(CC2(CS)CCCCCC2)CC1. The van der Waals surface area contributed by atoms with Gasteiger partial charge in [-0.15, -0.1) is 0 Å². The number of thiol groups is 1. The van der Waals surface area contributed by atoms with Gasteiger partial charge >= 0.3 is 0 Å². The van der Waals surface area contributed by atoms with Crippen molar-refractivity contribution in [3.05, 3.63) is 0 Å². The van der Waals surface area contributed by atoms with Crippen LogP contribution in [-0.2, 0) is 0 Å². The Morgan fingerprint density at radius 3 is 2.00 bits per heavy atom. The van der Waals surface area contributed by atoms with Gasteiger partial charge in [0, 0.05) is 6.54 Å². The molecule has 19 heavy (non-hydrogen) atoms. The maximum Gasteiger partial charge on any atom is 0.00458 e. The van der Waals surface area contributed by atoms with Crippen LogP contribution < -0.4 is 0 Å². The molecule has 0 aromatic heterocycles. The minimum atomic E-state index is 0.527. The highest BCUT2D eigenvalue weighted by Gasteiger charge is 2.35. The molecule has 0 atom stereocenters. The third kappa shape index (κ3) is 4.14. The molecule has 2 aliphatic rings. The highest BCUT2D eigenvalue weighted by Crippen LogP contribution is 2.39. The summed E-state index contributed by atoms with van der Waals surface area (Å²) >= 11 is 4.72. The van der Waals surface area contributed by atoms with Crippen LogP contribution in [-0.4, -0.2) is 30.3 Å². The Morgan fingerprint density at radius 1 is 0.947 bits per heavy atom. The standard InChI is InChI=1S/C17H33NS/c1-3-16(2)10-12-18(13-11-16)14-17(15-19)8-6-4-5-7-9-17/h19H,3-15H2,1-2H3. The minimum absolute atomic E-state index is 0.527. The summed E-state index contributed by atoms with van der Waals surface area (Å²) in [6, 6.07) is 0. The first-order chi connectivity index (χ1) is 9.11. The topological polar surface area (TPSA) is 3.24 Å². The first-order valence-corrected chi connectivity index (χ1v) is 9.08. The molecule has 1 saturated carbocycles. The zero-order chi connectivity index (χ0) is 13.8. The normalized spacial score (nSPS) is 27.9. The van der Waals surface area contributed by atoms with Crippen molar-refractivity contribution in [1.29, 1.82) is 0 Å². The molecule has 0 aromatic carbocycles. The largest absolute Gasteiger partial charge is 0.303 e. The van der Waals surface area contributed by atoms with Crippen LogP contribution in [0.5, 0.6) is 0 Å². The highest BCUT2D eigenvalue weighted by atomic mass is 32.1. The molecule has 1 nitrogen and oxygen atoms in total.